The van der Waals surface area contributed by atoms with Gasteiger partial charge in [-0.1, -0.05) is 11.6 Å². The lowest BCUT2D eigenvalue weighted by molar-refractivity contribution is 0.0958. The molecule has 0 spiro atoms. The molecule has 0 saturated carbocycles. The van der Waals surface area contributed by atoms with E-state index in [0.717, 1.165) is 22.3 Å². The number of carbonyl (C=O) groups excluding carboxylic acids is 1. The first kappa shape index (κ1) is 14.3. The van der Waals surface area contributed by atoms with Crippen LogP contribution < -0.4 is 10.9 Å². The van der Waals surface area contributed by atoms with Crippen molar-refractivity contribution in [2.24, 2.45) is 0 Å². The largest absolute Gasteiger partial charge is 0.350 e. The van der Waals surface area contributed by atoms with Crippen LogP contribution in [0.4, 0.5) is 5.95 Å². The van der Waals surface area contributed by atoms with Crippen LogP contribution in [0.25, 0.3) is 10.9 Å². The van der Waals surface area contributed by atoms with Crippen LogP contribution in [-0.4, -0.2) is 20.9 Å². The fourth-order valence-electron chi connectivity index (χ4n) is 2.19. The highest BCUT2D eigenvalue weighted by molar-refractivity contribution is 6.31. The van der Waals surface area contributed by atoms with Gasteiger partial charge in [0.1, 0.15) is 5.69 Å². The molecule has 3 aromatic rings. The molecule has 3 rings (SSSR count). The highest BCUT2D eigenvalue weighted by atomic mass is 35.5. The molecular weight excluding hydrogens is 302 g/mol. The number of hydrogen-bond acceptors (Lipinski definition) is 4. The summed E-state index contributed by atoms with van der Waals surface area (Å²) in [5, 5.41) is 1.50. The van der Waals surface area contributed by atoms with E-state index in [1.165, 1.54) is 0 Å². The van der Waals surface area contributed by atoms with Crippen molar-refractivity contribution in [2.45, 2.75) is 13.8 Å². The number of carbonyl (C=O) groups is 1. The Labute approximate surface area is 131 Å². The molecule has 0 bridgehead atoms. The predicted octanol–water partition coefficient (Wildman–Crippen LogP) is 2.99. The zero-order valence-electron chi connectivity index (χ0n) is 12.1. The number of aromatic nitrogens is 3. The number of nitrogens with one attached hydrogen (secondary N) is 3. The van der Waals surface area contributed by atoms with Crippen LogP contribution in [0, 0.1) is 13.8 Å². The minimum atomic E-state index is -0.310. The van der Waals surface area contributed by atoms with E-state index in [-0.39, 0.29) is 5.91 Å². The summed E-state index contributed by atoms with van der Waals surface area (Å²) in [6.07, 6.45) is 0. The van der Waals surface area contributed by atoms with E-state index in [0.29, 0.717) is 16.7 Å². The van der Waals surface area contributed by atoms with Crippen molar-refractivity contribution >= 4 is 34.4 Å². The molecule has 2 heterocycles. The van der Waals surface area contributed by atoms with Gasteiger partial charge < -0.3 is 4.98 Å². The Morgan fingerprint density at radius 1 is 1.14 bits per heavy atom. The molecule has 2 aromatic heterocycles. The van der Waals surface area contributed by atoms with E-state index in [2.05, 4.69) is 25.8 Å². The first-order valence-corrected chi connectivity index (χ1v) is 7.06. The minimum Gasteiger partial charge on any atom is -0.350 e. The van der Waals surface area contributed by atoms with Gasteiger partial charge in [-0.15, -0.1) is 0 Å². The number of aryl methyl sites for hydroxylation is 2. The van der Waals surface area contributed by atoms with E-state index in [1.807, 2.05) is 26.0 Å². The number of rotatable bonds is 3. The summed E-state index contributed by atoms with van der Waals surface area (Å²) < 4.78 is 0. The summed E-state index contributed by atoms with van der Waals surface area (Å²) in [6, 6.07) is 8.98. The molecule has 0 aliphatic carbocycles. The molecule has 0 unspecified atom stereocenters. The van der Waals surface area contributed by atoms with Crippen LogP contribution in [0.5, 0.6) is 0 Å². The van der Waals surface area contributed by atoms with Crippen molar-refractivity contribution in [3.63, 3.8) is 0 Å². The average molecular weight is 316 g/mol. The van der Waals surface area contributed by atoms with Crippen LogP contribution >= 0.6 is 11.6 Å². The number of H-pyrrole nitrogens is 1. The van der Waals surface area contributed by atoms with Crippen LogP contribution in [-0.2, 0) is 0 Å². The summed E-state index contributed by atoms with van der Waals surface area (Å²) in [4.78, 5) is 23.6. The molecule has 0 fully saturated rings. The number of hydrogen-bond donors (Lipinski definition) is 3. The van der Waals surface area contributed by atoms with Gasteiger partial charge in [-0.2, -0.15) is 0 Å². The molecule has 3 N–H and O–H groups in total. The molecule has 1 aromatic carbocycles. The molecule has 1 amide bonds. The molecule has 0 aliphatic rings. The molecule has 112 valence electrons. The highest BCUT2D eigenvalue weighted by Crippen LogP contribution is 2.20. The summed E-state index contributed by atoms with van der Waals surface area (Å²) in [5.74, 6) is 0.0417. The Hall–Kier alpha value is -2.60. The maximum absolute atomic E-state index is 12.1. The van der Waals surface area contributed by atoms with E-state index in [4.69, 9.17) is 11.6 Å². The van der Waals surface area contributed by atoms with Crippen molar-refractivity contribution in [3.8, 4) is 0 Å². The van der Waals surface area contributed by atoms with Gasteiger partial charge in [0.05, 0.1) is 0 Å². The van der Waals surface area contributed by atoms with Gasteiger partial charge in [-0.25, -0.2) is 9.97 Å². The van der Waals surface area contributed by atoms with E-state index < -0.39 is 0 Å². The zero-order valence-corrected chi connectivity index (χ0v) is 12.8. The number of nitrogens with zero attached hydrogens (tertiary/aromatic N) is 2. The zero-order chi connectivity index (χ0) is 15.7. The standard InChI is InChI=1S/C15H14ClN5O/c1-8-5-9(2)18-15(17-8)21-20-14(22)13-7-10-6-11(16)3-4-12(10)19-13/h3-7,19H,1-2H3,(H,20,22)(H,17,18,21). The first-order chi connectivity index (χ1) is 10.5. The number of amides is 1. The molecule has 22 heavy (non-hydrogen) atoms. The van der Waals surface area contributed by atoms with Gasteiger partial charge in [0.25, 0.3) is 5.91 Å². The van der Waals surface area contributed by atoms with E-state index in [1.54, 1.807) is 18.2 Å². The fraction of sp³-hybridized carbons (Fsp3) is 0.133. The Morgan fingerprint density at radius 3 is 2.59 bits per heavy atom. The van der Waals surface area contributed by atoms with Gasteiger partial charge in [-0.3, -0.25) is 15.6 Å². The van der Waals surface area contributed by atoms with Crippen molar-refractivity contribution in [1.29, 1.82) is 0 Å². The highest BCUT2D eigenvalue weighted by Gasteiger charge is 2.10. The third-order valence-corrected chi connectivity index (χ3v) is 3.33. The second-order valence-electron chi connectivity index (χ2n) is 4.97. The number of hydrazine groups is 1. The predicted molar refractivity (Wildman–Crippen MR) is 85.9 cm³/mol. The molecule has 0 saturated heterocycles. The Balaban J connectivity index is 1.75. The second-order valence-corrected chi connectivity index (χ2v) is 5.40. The monoisotopic (exact) mass is 315 g/mol. The van der Waals surface area contributed by atoms with Gasteiger partial charge in [0, 0.05) is 27.3 Å². The number of benzene rings is 1. The molecule has 0 aliphatic heterocycles. The summed E-state index contributed by atoms with van der Waals surface area (Å²) in [7, 11) is 0. The normalized spacial score (nSPS) is 10.7. The maximum atomic E-state index is 12.1. The van der Waals surface area contributed by atoms with Gasteiger partial charge in [0.2, 0.25) is 5.95 Å². The van der Waals surface area contributed by atoms with Gasteiger partial charge in [-0.05, 0) is 44.2 Å². The number of aromatic amines is 1. The number of anilines is 1. The van der Waals surface area contributed by atoms with Crippen LogP contribution in [0.2, 0.25) is 5.02 Å². The maximum Gasteiger partial charge on any atom is 0.286 e. The molecule has 0 atom stereocenters. The Morgan fingerprint density at radius 2 is 1.86 bits per heavy atom. The lowest BCUT2D eigenvalue weighted by Crippen LogP contribution is -2.30. The van der Waals surface area contributed by atoms with Crippen LogP contribution in [0.3, 0.4) is 0 Å². The van der Waals surface area contributed by atoms with Crippen LogP contribution in [0.15, 0.2) is 30.3 Å². The quantitative estimate of drug-likeness (QED) is 0.649. The fourth-order valence-corrected chi connectivity index (χ4v) is 2.37. The summed E-state index contributed by atoms with van der Waals surface area (Å²) in [5.41, 5.74) is 8.20. The average Bonchev–Trinajstić information content (AvgIpc) is 2.86. The van der Waals surface area contributed by atoms with E-state index >= 15 is 0 Å². The molecule has 7 heteroatoms. The molecule has 6 nitrogen and oxygen atoms in total. The third-order valence-electron chi connectivity index (χ3n) is 3.10. The lowest BCUT2D eigenvalue weighted by atomic mass is 10.2. The molecular formula is C15H14ClN5O. The summed E-state index contributed by atoms with van der Waals surface area (Å²) >= 11 is 5.94. The van der Waals surface area contributed by atoms with Crippen LogP contribution in [0.1, 0.15) is 21.9 Å². The van der Waals surface area contributed by atoms with Crippen molar-refractivity contribution < 1.29 is 4.79 Å². The van der Waals surface area contributed by atoms with Gasteiger partial charge in [0.15, 0.2) is 0 Å². The van der Waals surface area contributed by atoms with Gasteiger partial charge >= 0.3 is 0 Å². The smallest absolute Gasteiger partial charge is 0.286 e. The minimum absolute atomic E-state index is 0.310. The van der Waals surface area contributed by atoms with Crippen molar-refractivity contribution in [3.05, 3.63) is 52.4 Å². The molecule has 0 radical (unpaired) electrons. The number of halogens is 1. The van der Waals surface area contributed by atoms with Crippen molar-refractivity contribution in [1.82, 2.24) is 20.4 Å². The SMILES string of the molecule is Cc1cc(C)nc(NNC(=O)c2cc3cc(Cl)ccc3[nH]2)n1. The second kappa shape index (κ2) is 5.65. The topological polar surface area (TPSA) is 82.7 Å². The third kappa shape index (κ3) is 3.01. The summed E-state index contributed by atoms with van der Waals surface area (Å²) in [6.45, 7) is 3.73. The Bertz CT molecular complexity index is 838. The number of fused-ring (bicyclic) bond motifs is 1. The van der Waals surface area contributed by atoms with Crippen molar-refractivity contribution in [2.75, 3.05) is 5.43 Å². The van der Waals surface area contributed by atoms with E-state index in [9.17, 15) is 4.79 Å². The lowest BCUT2D eigenvalue weighted by Gasteiger charge is -2.07. The Kier molecular flexibility index (Phi) is 3.68. The first-order valence-electron chi connectivity index (χ1n) is 6.68.